The van der Waals surface area contributed by atoms with E-state index in [1.54, 1.807) is 18.3 Å². The molecule has 2 aliphatic heterocycles. The molecule has 1 fully saturated rings. The number of carbonyl (C=O) groups excluding carboxylic acids is 1. The number of halogens is 6. The van der Waals surface area contributed by atoms with Gasteiger partial charge < -0.3 is 25.1 Å². The monoisotopic (exact) mass is 613 g/mol. The summed E-state index contributed by atoms with van der Waals surface area (Å²) in [5.41, 5.74) is -0.930. The molecule has 0 spiro atoms. The van der Waals surface area contributed by atoms with Gasteiger partial charge in [-0.3, -0.25) is 4.79 Å². The van der Waals surface area contributed by atoms with E-state index in [1.807, 2.05) is 0 Å². The third-order valence-electron chi connectivity index (χ3n) is 7.63. The minimum Gasteiger partial charge on any atom is -0.416 e. The van der Waals surface area contributed by atoms with Gasteiger partial charge in [-0.25, -0.2) is 9.97 Å². The van der Waals surface area contributed by atoms with E-state index >= 15 is 0 Å². The van der Waals surface area contributed by atoms with Gasteiger partial charge >= 0.3 is 12.4 Å². The van der Waals surface area contributed by atoms with Crippen molar-refractivity contribution in [3.05, 3.63) is 47.1 Å². The molecule has 4 bridgehead atoms. The van der Waals surface area contributed by atoms with Gasteiger partial charge in [-0.1, -0.05) is 12.5 Å². The Kier molecular flexibility index (Phi) is 8.24. The number of amides is 1. The number of nitrogens with zero attached hydrogens (tertiary/aromatic N) is 6. The van der Waals surface area contributed by atoms with Crippen molar-refractivity contribution >= 4 is 17.4 Å². The van der Waals surface area contributed by atoms with E-state index in [0.717, 1.165) is 43.1 Å². The molecule has 5 heterocycles. The summed E-state index contributed by atoms with van der Waals surface area (Å²) >= 11 is 0. The molecule has 0 saturated carbocycles. The number of rotatable bonds is 3. The van der Waals surface area contributed by atoms with Crippen LogP contribution in [-0.4, -0.2) is 61.9 Å². The third kappa shape index (κ3) is 6.24. The molecule has 0 aliphatic carbocycles. The zero-order chi connectivity index (χ0) is 31.0. The molecule has 16 heteroatoms. The van der Waals surface area contributed by atoms with Crippen molar-refractivity contribution in [1.29, 1.82) is 0 Å². The summed E-state index contributed by atoms with van der Waals surface area (Å²) in [5, 5.41) is 17.4. The summed E-state index contributed by atoms with van der Waals surface area (Å²) in [6.07, 6.45) is -6.27. The van der Waals surface area contributed by atoms with Gasteiger partial charge in [0, 0.05) is 32.4 Å². The average Bonchev–Trinajstić information content (AvgIpc) is 3.46. The van der Waals surface area contributed by atoms with E-state index in [2.05, 4.69) is 25.1 Å². The smallest absolute Gasteiger partial charge is 0.416 e. The molecule has 232 valence electrons. The Morgan fingerprint density at radius 1 is 0.953 bits per heavy atom. The highest BCUT2D eigenvalue weighted by Crippen LogP contribution is 2.43. The Bertz CT molecular complexity index is 1450. The number of piperidine rings is 1. The van der Waals surface area contributed by atoms with E-state index in [4.69, 9.17) is 10.2 Å². The van der Waals surface area contributed by atoms with E-state index in [9.17, 15) is 36.2 Å². The first-order chi connectivity index (χ1) is 20.3. The maximum absolute atomic E-state index is 14.1. The fourth-order valence-electron chi connectivity index (χ4n) is 5.24. The fourth-order valence-corrected chi connectivity index (χ4v) is 5.24. The average molecular weight is 614 g/mol. The number of fused-ring (bicyclic) bond motifs is 5. The molecular weight excluding hydrogens is 584 g/mol. The maximum atomic E-state index is 14.1. The van der Waals surface area contributed by atoms with Crippen LogP contribution in [-0.2, 0) is 18.3 Å². The highest BCUT2D eigenvalue weighted by molar-refractivity contribution is 5.95. The largest absolute Gasteiger partial charge is 0.426 e. The molecule has 1 amide bonds. The van der Waals surface area contributed by atoms with E-state index in [0.29, 0.717) is 11.6 Å². The lowest BCUT2D eigenvalue weighted by Crippen LogP contribution is -2.42. The summed E-state index contributed by atoms with van der Waals surface area (Å²) in [6.45, 7) is 1.47. The molecule has 0 radical (unpaired) electrons. The number of alkyl halides is 6. The molecule has 5 rings (SSSR count). The van der Waals surface area contributed by atoms with Crippen LogP contribution in [0, 0.1) is 0 Å². The van der Waals surface area contributed by atoms with Crippen molar-refractivity contribution < 1.29 is 40.7 Å². The van der Waals surface area contributed by atoms with Gasteiger partial charge in [0.25, 0.3) is 17.7 Å². The second-order valence-corrected chi connectivity index (χ2v) is 10.7. The molecule has 0 aromatic carbocycles. The van der Waals surface area contributed by atoms with Crippen LogP contribution in [0.5, 0.6) is 0 Å². The van der Waals surface area contributed by atoms with Crippen molar-refractivity contribution in [2.45, 2.75) is 69.4 Å². The SMILES string of the molecule is Nc1cc(C(F)(F)F)c2nc1-c1nnc(o1)[C@@](O)(C(F)(F)F)CCCCCN(Cc1ccc(N3CCCCC3)nc1)C2=O. The highest BCUT2D eigenvalue weighted by atomic mass is 19.4. The Balaban J connectivity index is 1.54. The summed E-state index contributed by atoms with van der Waals surface area (Å²) in [4.78, 5) is 25.3. The number of anilines is 2. The molecule has 2 aliphatic rings. The second-order valence-electron chi connectivity index (χ2n) is 10.7. The van der Waals surface area contributed by atoms with Crippen LogP contribution in [0.15, 0.2) is 28.8 Å². The number of hydrogen-bond donors (Lipinski definition) is 2. The molecule has 3 aromatic heterocycles. The van der Waals surface area contributed by atoms with Crippen molar-refractivity contribution in [3.63, 3.8) is 0 Å². The number of hydrogen-bond acceptors (Lipinski definition) is 9. The Morgan fingerprint density at radius 2 is 1.65 bits per heavy atom. The van der Waals surface area contributed by atoms with Gasteiger partial charge in [0.05, 0.1) is 11.3 Å². The maximum Gasteiger partial charge on any atom is 0.426 e. The number of nitrogens with two attached hydrogens (primary N) is 1. The molecule has 43 heavy (non-hydrogen) atoms. The zero-order valence-corrected chi connectivity index (χ0v) is 22.9. The first-order valence-electron chi connectivity index (χ1n) is 13.8. The first kappa shape index (κ1) is 30.5. The highest BCUT2D eigenvalue weighted by Gasteiger charge is 2.58. The fraction of sp³-hybridized carbons (Fsp3) is 0.519. The number of carbonyl (C=O) groups is 1. The van der Waals surface area contributed by atoms with Gasteiger partial charge in [0.15, 0.2) is 5.69 Å². The quantitative estimate of drug-likeness (QED) is 0.388. The van der Waals surface area contributed by atoms with Crippen LogP contribution in [0.2, 0.25) is 0 Å². The predicted molar refractivity (Wildman–Crippen MR) is 140 cm³/mol. The second kappa shape index (κ2) is 11.6. The minimum atomic E-state index is -5.20. The number of aromatic nitrogens is 4. The van der Waals surface area contributed by atoms with Gasteiger partial charge in [0.1, 0.15) is 11.5 Å². The zero-order valence-electron chi connectivity index (χ0n) is 22.9. The van der Waals surface area contributed by atoms with Gasteiger partial charge in [-0.05, 0) is 56.2 Å². The van der Waals surface area contributed by atoms with Crippen LogP contribution in [0.1, 0.15) is 72.5 Å². The van der Waals surface area contributed by atoms with Crippen molar-refractivity contribution in [2.75, 3.05) is 30.3 Å². The summed E-state index contributed by atoms with van der Waals surface area (Å²) in [6, 6.07) is 3.96. The standard InChI is InChI=1S/C27H29F6N7O3/c28-26(29,30)17-13-18(34)21-22-37-38-24(43-22)25(42,27(31,32)33)9-3-1-4-12-40(23(41)20(17)36-21)15-16-7-8-19(35-14-16)39-10-5-2-6-11-39/h7-8,13-14,42H,1-6,9-12,15,34H2/t25-/m1/s1. The van der Waals surface area contributed by atoms with Crippen LogP contribution in [0.25, 0.3) is 11.6 Å². The molecule has 1 atom stereocenters. The van der Waals surface area contributed by atoms with E-state index < -0.39 is 64.7 Å². The lowest BCUT2D eigenvalue weighted by atomic mass is 9.95. The molecule has 3 N–H and O–H groups in total. The lowest BCUT2D eigenvalue weighted by Gasteiger charge is -2.28. The molecule has 10 nitrogen and oxygen atoms in total. The lowest BCUT2D eigenvalue weighted by molar-refractivity contribution is -0.277. The normalized spacial score (nSPS) is 20.7. The summed E-state index contributed by atoms with van der Waals surface area (Å²) in [5.74, 6) is -2.31. The minimum absolute atomic E-state index is 0.0991. The number of aliphatic hydroxyl groups is 1. The van der Waals surface area contributed by atoms with E-state index in [1.165, 1.54) is 0 Å². The van der Waals surface area contributed by atoms with Crippen molar-refractivity contribution in [1.82, 2.24) is 25.1 Å². The Morgan fingerprint density at radius 3 is 2.30 bits per heavy atom. The molecule has 0 unspecified atom stereocenters. The van der Waals surface area contributed by atoms with E-state index in [-0.39, 0.29) is 32.4 Å². The van der Waals surface area contributed by atoms with Crippen LogP contribution < -0.4 is 10.6 Å². The van der Waals surface area contributed by atoms with Crippen molar-refractivity contribution in [3.8, 4) is 11.6 Å². The van der Waals surface area contributed by atoms with Crippen LogP contribution >= 0.6 is 0 Å². The summed E-state index contributed by atoms with van der Waals surface area (Å²) < 4.78 is 89.2. The number of nitrogen functional groups attached to an aromatic ring is 1. The Hall–Kier alpha value is -3.95. The van der Waals surface area contributed by atoms with Crippen LogP contribution in [0.3, 0.4) is 0 Å². The number of pyridine rings is 2. The first-order valence-corrected chi connectivity index (χ1v) is 13.8. The molecular formula is C27H29F6N7O3. The predicted octanol–water partition coefficient (Wildman–Crippen LogP) is 5.08. The van der Waals surface area contributed by atoms with Crippen LogP contribution in [0.4, 0.5) is 37.8 Å². The van der Waals surface area contributed by atoms with Gasteiger partial charge in [-0.2, -0.15) is 26.3 Å². The van der Waals surface area contributed by atoms with Gasteiger partial charge in [-0.15, -0.1) is 10.2 Å². The Labute approximate surface area is 241 Å². The third-order valence-corrected chi connectivity index (χ3v) is 7.63. The topological polar surface area (TPSA) is 134 Å². The van der Waals surface area contributed by atoms with Crippen molar-refractivity contribution in [2.24, 2.45) is 0 Å². The van der Waals surface area contributed by atoms with Gasteiger partial charge in [0.2, 0.25) is 5.60 Å². The molecule has 1 saturated heterocycles. The molecule has 3 aromatic rings. The summed E-state index contributed by atoms with van der Waals surface area (Å²) in [7, 11) is 0.